The van der Waals surface area contributed by atoms with Gasteiger partial charge in [-0.3, -0.25) is 4.79 Å². The minimum atomic E-state index is -0.809. The van der Waals surface area contributed by atoms with Crippen molar-refractivity contribution in [2.75, 3.05) is 7.11 Å². The van der Waals surface area contributed by atoms with E-state index in [1.165, 1.54) is 35.9 Å². The van der Waals surface area contributed by atoms with Gasteiger partial charge < -0.3 is 19.8 Å². The van der Waals surface area contributed by atoms with Crippen LogP contribution in [0.15, 0.2) is 46.6 Å². The number of nitrogens with zero attached hydrogens (tertiary/aromatic N) is 1. The third kappa shape index (κ3) is 2.67. The highest BCUT2D eigenvalue weighted by Gasteiger charge is 2.37. The van der Waals surface area contributed by atoms with Gasteiger partial charge in [0.2, 0.25) is 5.88 Å². The van der Waals surface area contributed by atoms with E-state index in [4.69, 9.17) is 15.2 Å². The SMILES string of the molecule is COC(=O)C1=C(N)Oc2cc(C)n(C)c(=O)c2[C@@H]1c1ccc(F)cc1. The van der Waals surface area contributed by atoms with E-state index in [9.17, 15) is 14.0 Å². The first-order valence-corrected chi connectivity index (χ1v) is 7.57. The molecule has 0 amide bonds. The molecule has 1 aliphatic heterocycles. The Bertz CT molecular complexity index is 945. The maximum atomic E-state index is 13.3. The summed E-state index contributed by atoms with van der Waals surface area (Å²) in [6.45, 7) is 1.76. The Morgan fingerprint density at radius 3 is 2.56 bits per heavy atom. The average molecular weight is 344 g/mol. The van der Waals surface area contributed by atoms with Crippen LogP contribution in [0.2, 0.25) is 0 Å². The van der Waals surface area contributed by atoms with Gasteiger partial charge >= 0.3 is 5.97 Å². The molecule has 1 aromatic heterocycles. The van der Waals surface area contributed by atoms with Gasteiger partial charge in [-0.15, -0.1) is 0 Å². The Hall–Kier alpha value is -3.09. The number of aromatic nitrogens is 1. The van der Waals surface area contributed by atoms with Gasteiger partial charge in [-0.2, -0.15) is 0 Å². The van der Waals surface area contributed by atoms with Crippen molar-refractivity contribution in [1.82, 2.24) is 4.57 Å². The Morgan fingerprint density at radius 1 is 1.32 bits per heavy atom. The lowest BCUT2D eigenvalue weighted by Crippen LogP contribution is -2.34. The van der Waals surface area contributed by atoms with E-state index in [2.05, 4.69) is 0 Å². The van der Waals surface area contributed by atoms with E-state index in [0.29, 0.717) is 11.3 Å². The van der Waals surface area contributed by atoms with Crippen molar-refractivity contribution in [2.45, 2.75) is 12.8 Å². The molecule has 0 unspecified atom stereocenters. The number of aryl methyl sites for hydroxylation is 1. The Balaban J connectivity index is 2.34. The maximum absolute atomic E-state index is 13.3. The number of carbonyl (C=O) groups is 1. The van der Waals surface area contributed by atoms with Crippen LogP contribution < -0.4 is 16.0 Å². The highest BCUT2D eigenvalue weighted by molar-refractivity contribution is 5.92. The molecule has 2 aromatic rings. The molecular formula is C18H17FN2O4. The molecule has 7 heteroatoms. The van der Waals surface area contributed by atoms with Crippen LogP contribution in [-0.4, -0.2) is 17.6 Å². The first-order valence-electron chi connectivity index (χ1n) is 7.57. The number of esters is 1. The maximum Gasteiger partial charge on any atom is 0.340 e. The standard InChI is InChI=1S/C18H17FN2O4/c1-9-8-12-14(17(22)21(9)2)13(10-4-6-11(19)7-5-10)15(16(20)25-12)18(23)24-3/h4-8,13H,20H2,1-3H3/t13-/m0/s1. The van der Waals surface area contributed by atoms with Crippen molar-refractivity contribution in [3.8, 4) is 5.75 Å². The monoisotopic (exact) mass is 344 g/mol. The van der Waals surface area contributed by atoms with Gasteiger partial charge in [0.25, 0.3) is 5.56 Å². The van der Waals surface area contributed by atoms with Crippen molar-refractivity contribution in [2.24, 2.45) is 12.8 Å². The Kier molecular flexibility index (Phi) is 4.08. The minimum Gasteiger partial charge on any atom is -0.465 e. The third-order valence-corrected chi connectivity index (χ3v) is 4.34. The van der Waals surface area contributed by atoms with Crippen LogP contribution in [-0.2, 0) is 16.6 Å². The van der Waals surface area contributed by atoms with Gasteiger partial charge in [0.05, 0.1) is 18.6 Å². The number of benzene rings is 1. The number of hydrogen-bond donors (Lipinski definition) is 1. The van der Waals surface area contributed by atoms with Crippen LogP contribution in [0, 0.1) is 12.7 Å². The van der Waals surface area contributed by atoms with Crippen molar-refractivity contribution in [1.29, 1.82) is 0 Å². The molecule has 25 heavy (non-hydrogen) atoms. The summed E-state index contributed by atoms with van der Waals surface area (Å²) in [5, 5.41) is 0. The number of pyridine rings is 1. The zero-order valence-electron chi connectivity index (χ0n) is 14.0. The van der Waals surface area contributed by atoms with Crippen molar-refractivity contribution < 1.29 is 18.7 Å². The number of hydrogen-bond acceptors (Lipinski definition) is 5. The van der Waals surface area contributed by atoms with Gasteiger partial charge in [-0.25, -0.2) is 9.18 Å². The van der Waals surface area contributed by atoms with Crippen LogP contribution in [0.25, 0.3) is 0 Å². The zero-order valence-corrected chi connectivity index (χ0v) is 14.0. The summed E-state index contributed by atoms with van der Waals surface area (Å²) < 4.78 is 25.1. The molecule has 0 aliphatic carbocycles. The predicted octanol–water partition coefficient (Wildman–Crippen LogP) is 1.70. The average Bonchev–Trinajstić information content (AvgIpc) is 2.59. The fourth-order valence-electron chi connectivity index (χ4n) is 2.94. The summed E-state index contributed by atoms with van der Waals surface area (Å²) in [7, 11) is 2.84. The second kappa shape index (κ2) is 6.08. The lowest BCUT2D eigenvalue weighted by Gasteiger charge is -2.28. The van der Waals surface area contributed by atoms with Gasteiger partial charge in [-0.1, -0.05) is 12.1 Å². The van der Waals surface area contributed by atoms with Crippen LogP contribution >= 0.6 is 0 Å². The van der Waals surface area contributed by atoms with E-state index in [1.54, 1.807) is 20.0 Å². The lowest BCUT2D eigenvalue weighted by atomic mass is 9.83. The van der Waals surface area contributed by atoms with Gasteiger partial charge in [0.15, 0.2) is 0 Å². The fourth-order valence-corrected chi connectivity index (χ4v) is 2.94. The normalized spacial score (nSPS) is 16.2. The van der Waals surface area contributed by atoms with Crippen LogP contribution in [0.4, 0.5) is 4.39 Å². The van der Waals surface area contributed by atoms with Crippen molar-refractivity contribution >= 4 is 5.97 Å². The molecule has 1 aromatic carbocycles. The molecule has 0 spiro atoms. The van der Waals surface area contributed by atoms with Crippen LogP contribution in [0.1, 0.15) is 22.7 Å². The van der Waals surface area contributed by atoms with Gasteiger partial charge in [0, 0.05) is 18.8 Å². The summed E-state index contributed by atoms with van der Waals surface area (Å²) >= 11 is 0. The molecule has 2 heterocycles. The highest BCUT2D eigenvalue weighted by Crippen LogP contribution is 2.41. The van der Waals surface area contributed by atoms with E-state index in [1.807, 2.05) is 0 Å². The fraction of sp³-hybridized carbons (Fsp3) is 0.222. The molecule has 0 saturated heterocycles. The number of rotatable bonds is 2. The number of methoxy groups -OCH3 is 1. The third-order valence-electron chi connectivity index (χ3n) is 4.34. The number of fused-ring (bicyclic) bond motifs is 1. The van der Waals surface area contributed by atoms with E-state index in [-0.39, 0.29) is 28.3 Å². The van der Waals surface area contributed by atoms with Crippen molar-refractivity contribution in [3.05, 3.63) is 74.8 Å². The second-order valence-electron chi connectivity index (χ2n) is 5.78. The zero-order chi connectivity index (χ0) is 18.3. The van der Waals surface area contributed by atoms with Crippen LogP contribution in [0.3, 0.4) is 0 Å². The molecule has 0 fully saturated rings. The Morgan fingerprint density at radius 2 is 1.96 bits per heavy atom. The van der Waals surface area contributed by atoms with Crippen LogP contribution in [0.5, 0.6) is 5.75 Å². The van der Waals surface area contributed by atoms with Crippen molar-refractivity contribution in [3.63, 3.8) is 0 Å². The topological polar surface area (TPSA) is 83.5 Å². The molecule has 0 saturated carbocycles. The highest BCUT2D eigenvalue weighted by atomic mass is 19.1. The summed E-state index contributed by atoms with van der Waals surface area (Å²) in [6.07, 6.45) is 0. The predicted molar refractivity (Wildman–Crippen MR) is 88.5 cm³/mol. The molecule has 130 valence electrons. The van der Waals surface area contributed by atoms with Gasteiger partial charge in [-0.05, 0) is 24.6 Å². The number of carbonyl (C=O) groups excluding carboxylic acids is 1. The molecule has 0 bridgehead atoms. The molecule has 3 rings (SSSR count). The summed E-state index contributed by atoms with van der Waals surface area (Å²) in [5.41, 5.74) is 7.11. The molecule has 1 atom stereocenters. The molecular weight excluding hydrogens is 327 g/mol. The molecule has 2 N–H and O–H groups in total. The second-order valence-corrected chi connectivity index (χ2v) is 5.78. The number of ether oxygens (including phenoxy) is 2. The summed E-state index contributed by atoms with van der Waals surface area (Å²) in [4.78, 5) is 25.1. The molecule has 1 aliphatic rings. The summed E-state index contributed by atoms with van der Waals surface area (Å²) in [6, 6.07) is 7.20. The minimum absolute atomic E-state index is 0.0163. The van der Waals surface area contributed by atoms with Gasteiger partial charge in [0.1, 0.15) is 17.1 Å². The quantitative estimate of drug-likeness (QED) is 0.839. The first kappa shape index (κ1) is 16.8. The summed E-state index contributed by atoms with van der Waals surface area (Å²) in [5.74, 6) is -1.80. The number of halogens is 1. The smallest absolute Gasteiger partial charge is 0.340 e. The first-order chi connectivity index (χ1) is 11.8. The number of nitrogens with two attached hydrogens (primary N) is 1. The largest absolute Gasteiger partial charge is 0.465 e. The lowest BCUT2D eigenvalue weighted by molar-refractivity contribution is -0.136. The Labute approximate surface area is 143 Å². The molecule has 0 radical (unpaired) electrons. The van der Waals surface area contributed by atoms with E-state index < -0.39 is 17.7 Å². The molecule has 6 nitrogen and oxygen atoms in total. The van der Waals surface area contributed by atoms with E-state index in [0.717, 1.165) is 0 Å². The van der Waals surface area contributed by atoms with E-state index >= 15 is 0 Å².